The summed E-state index contributed by atoms with van der Waals surface area (Å²) in [7, 11) is 0. The lowest BCUT2D eigenvalue weighted by molar-refractivity contribution is 0.669. The third kappa shape index (κ3) is 5.74. The molecule has 3 heterocycles. The molecule has 60 heavy (non-hydrogen) atoms. The minimum absolute atomic E-state index is 0.238. The van der Waals surface area contributed by atoms with E-state index in [2.05, 4.69) is 181 Å². The molecule has 8 aromatic carbocycles. The van der Waals surface area contributed by atoms with Crippen LogP contribution in [0.25, 0.3) is 84.4 Å². The number of fused-ring (bicyclic) bond motifs is 7. The molecule has 0 saturated carbocycles. The summed E-state index contributed by atoms with van der Waals surface area (Å²) >= 11 is 0. The van der Waals surface area contributed by atoms with E-state index in [-0.39, 0.29) is 5.92 Å². The van der Waals surface area contributed by atoms with E-state index in [0.717, 1.165) is 73.0 Å². The first-order valence-corrected chi connectivity index (χ1v) is 20.4. The minimum atomic E-state index is 0.238. The maximum atomic E-state index is 6.78. The largest absolute Gasteiger partial charge is 0.455 e. The molecule has 1 aliphatic carbocycles. The van der Waals surface area contributed by atoms with Gasteiger partial charge in [0.2, 0.25) is 0 Å². The summed E-state index contributed by atoms with van der Waals surface area (Å²) in [4.78, 5) is 18.3. The molecule has 0 spiro atoms. The van der Waals surface area contributed by atoms with Crippen molar-refractivity contribution in [2.75, 3.05) is 4.90 Å². The Morgan fingerprint density at radius 1 is 0.467 bits per heavy atom. The second kappa shape index (κ2) is 13.9. The van der Waals surface area contributed by atoms with Crippen LogP contribution in [0.2, 0.25) is 0 Å². The maximum absolute atomic E-state index is 6.78. The molecule has 2 aliphatic rings. The molecule has 0 fully saturated rings. The number of hydrogen-bond donors (Lipinski definition) is 0. The van der Waals surface area contributed by atoms with Gasteiger partial charge in [0, 0.05) is 44.9 Å². The summed E-state index contributed by atoms with van der Waals surface area (Å²) in [5.41, 5.74) is 16.1. The Balaban J connectivity index is 1.09. The molecular weight excluding hydrogens is 733 g/mol. The van der Waals surface area contributed by atoms with Gasteiger partial charge in [-0.05, 0) is 81.8 Å². The first kappa shape index (κ1) is 34.2. The van der Waals surface area contributed by atoms with Gasteiger partial charge in [0.05, 0.1) is 5.56 Å². The third-order valence-electron chi connectivity index (χ3n) is 12.0. The number of allylic oxidation sites excluding steroid dienone is 1. The highest BCUT2D eigenvalue weighted by Gasteiger charge is 2.37. The highest BCUT2D eigenvalue weighted by atomic mass is 16.3. The molecule has 1 atom stereocenters. The zero-order valence-corrected chi connectivity index (χ0v) is 32.5. The topological polar surface area (TPSA) is 55.1 Å². The Morgan fingerprint density at radius 2 is 1.08 bits per heavy atom. The summed E-state index contributed by atoms with van der Waals surface area (Å²) in [6.07, 6.45) is 3.32. The van der Waals surface area contributed by atoms with Crippen molar-refractivity contribution in [2.24, 2.45) is 0 Å². The van der Waals surface area contributed by atoms with Crippen molar-refractivity contribution in [1.82, 2.24) is 15.0 Å². The maximum Gasteiger partial charge on any atom is 0.167 e. The predicted molar refractivity (Wildman–Crippen MR) is 244 cm³/mol. The Morgan fingerprint density at radius 3 is 1.92 bits per heavy atom. The van der Waals surface area contributed by atoms with Gasteiger partial charge < -0.3 is 9.32 Å². The van der Waals surface area contributed by atoms with Gasteiger partial charge in [-0.15, -0.1) is 0 Å². The quantitative estimate of drug-likeness (QED) is 0.169. The number of benzene rings is 8. The molecule has 0 amide bonds. The van der Waals surface area contributed by atoms with Crippen LogP contribution < -0.4 is 4.90 Å². The normalized spacial score (nSPS) is 14.2. The van der Waals surface area contributed by atoms with Crippen LogP contribution in [0.4, 0.5) is 11.4 Å². The van der Waals surface area contributed by atoms with E-state index >= 15 is 0 Å². The van der Waals surface area contributed by atoms with Crippen LogP contribution in [-0.4, -0.2) is 15.0 Å². The second-order valence-electron chi connectivity index (χ2n) is 15.6. The molecule has 12 rings (SSSR count). The molecule has 2 aromatic heterocycles. The monoisotopic (exact) mass is 768 g/mol. The van der Waals surface area contributed by atoms with E-state index < -0.39 is 0 Å². The van der Waals surface area contributed by atoms with Crippen molar-refractivity contribution in [3.63, 3.8) is 0 Å². The van der Waals surface area contributed by atoms with Gasteiger partial charge in [0.15, 0.2) is 17.5 Å². The van der Waals surface area contributed by atoms with Crippen LogP contribution in [0.15, 0.2) is 204 Å². The summed E-state index contributed by atoms with van der Waals surface area (Å²) in [6.45, 7) is 0. The number of rotatable bonds is 6. The van der Waals surface area contributed by atoms with Crippen molar-refractivity contribution >= 4 is 39.4 Å². The van der Waals surface area contributed by atoms with Crippen LogP contribution in [0.5, 0.6) is 0 Å². The molecule has 1 aliphatic heterocycles. The summed E-state index contributed by atoms with van der Waals surface area (Å²) < 4.78 is 6.78. The van der Waals surface area contributed by atoms with E-state index in [9.17, 15) is 0 Å². The van der Waals surface area contributed by atoms with Gasteiger partial charge in [-0.2, -0.15) is 0 Å². The highest BCUT2D eigenvalue weighted by molar-refractivity contribution is 6.11. The van der Waals surface area contributed by atoms with Gasteiger partial charge in [-0.25, -0.2) is 15.0 Å². The number of hydrogen-bond acceptors (Lipinski definition) is 5. The lowest BCUT2D eigenvalue weighted by Crippen LogP contribution is -2.17. The van der Waals surface area contributed by atoms with E-state index in [1.165, 1.54) is 28.1 Å². The fourth-order valence-electron chi connectivity index (χ4n) is 9.12. The Kier molecular flexibility index (Phi) is 7.91. The Hall–Kier alpha value is -7.89. The Labute approximate surface area is 347 Å². The molecule has 282 valence electrons. The highest BCUT2D eigenvalue weighted by Crippen LogP contribution is 2.53. The van der Waals surface area contributed by atoms with Crippen molar-refractivity contribution in [3.05, 3.63) is 217 Å². The molecule has 0 N–H and O–H groups in total. The van der Waals surface area contributed by atoms with E-state index in [1.807, 2.05) is 24.3 Å². The van der Waals surface area contributed by atoms with E-state index in [1.54, 1.807) is 0 Å². The van der Waals surface area contributed by atoms with Crippen LogP contribution in [0, 0.1) is 0 Å². The standard InChI is InChI=1S/C55H36N4O/c1-3-14-35(15-4-1)37-26-28-38(29-27-37)53-56-54(42-21-13-20-39(30-42)36-16-5-2-6-17-36)58-55(57-53)48-34-43(33-47-45-23-10-12-25-51(45)60-52(47)48)59-49-24-11-9-22-44(49)46-31-40-18-7-8-19-41(40)32-50(46)59/h1-30,32-34,46H,31H2. The lowest BCUT2D eigenvalue weighted by atomic mass is 9.84. The van der Waals surface area contributed by atoms with Gasteiger partial charge in [-0.1, -0.05) is 164 Å². The molecule has 0 bridgehead atoms. The van der Waals surface area contributed by atoms with Gasteiger partial charge in [-0.3, -0.25) is 0 Å². The van der Waals surface area contributed by atoms with Gasteiger partial charge >= 0.3 is 0 Å². The summed E-state index contributed by atoms with van der Waals surface area (Å²) in [5, 5.41) is 2.06. The third-order valence-corrected chi connectivity index (χ3v) is 12.0. The van der Waals surface area contributed by atoms with Crippen molar-refractivity contribution in [2.45, 2.75) is 12.3 Å². The number of furan rings is 1. The van der Waals surface area contributed by atoms with Crippen LogP contribution in [0.3, 0.4) is 0 Å². The van der Waals surface area contributed by atoms with Crippen molar-refractivity contribution < 1.29 is 4.42 Å². The number of aromatic nitrogens is 3. The average molecular weight is 769 g/mol. The van der Waals surface area contributed by atoms with Crippen molar-refractivity contribution in [3.8, 4) is 56.4 Å². The SMILES string of the molecule is C1=C2C(Cc3ccccc31)c1ccccc1N2c1cc(-c2nc(-c3ccc(-c4ccccc4)cc3)nc(-c3cccc(-c4ccccc4)c3)n2)c2oc3ccccc3c2c1. The molecule has 1 unspecified atom stereocenters. The Bertz CT molecular complexity index is 3300. The van der Waals surface area contributed by atoms with Crippen LogP contribution in [-0.2, 0) is 6.42 Å². The zero-order valence-electron chi connectivity index (χ0n) is 32.5. The van der Waals surface area contributed by atoms with Crippen LogP contribution >= 0.6 is 0 Å². The zero-order chi connectivity index (χ0) is 39.6. The smallest absolute Gasteiger partial charge is 0.167 e. The first-order chi connectivity index (χ1) is 29.7. The van der Waals surface area contributed by atoms with Crippen molar-refractivity contribution in [1.29, 1.82) is 0 Å². The summed E-state index contributed by atoms with van der Waals surface area (Å²) in [5.74, 6) is 1.97. The predicted octanol–water partition coefficient (Wildman–Crippen LogP) is 13.9. The number of nitrogens with zero attached hydrogens (tertiary/aromatic N) is 4. The van der Waals surface area contributed by atoms with Crippen LogP contribution in [0.1, 0.15) is 22.6 Å². The fourth-order valence-corrected chi connectivity index (χ4v) is 9.12. The number of para-hydroxylation sites is 2. The molecule has 10 aromatic rings. The first-order valence-electron chi connectivity index (χ1n) is 20.4. The average Bonchev–Trinajstić information content (AvgIpc) is 3.86. The molecule has 5 nitrogen and oxygen atoms in total. The van der Waals surface area contributed by atoms with E-state index in [4.69, 9.17) is 19.4 Å². The van der Waals surface area contributed by atoms with Gasteiger partial charge in [0.1, 0.15) is 11.2 Å². The fraction of sp³-hybridized carbons (Fsp3) is 0.0364. The number of anilines is 2. The lowest BCUT2D eigenvalue weighted by Gasteiger charge is -2.27. The van der Waals surface area contributed by atoms with Gasteiger partial charge in [0.25, 0.3) is 0 Å². The second-order valence-corrected chi connectivity index (χ2v) is 15.6. The molecule has 5 heteroatoms. The minimum Gasteiger partial charge on any atom is -0.455 e. The molecular formula is C55H36N4O. The molecule has 0 radical (unpaired) electrons. The summed E-state index contributed by atoms with van der Waals surface area (Å²) in [6, 6.07) is 68.1. The molecule has 0 saturated heterocycles. The van der Waals surface area contributed by atoms with E-state index in [0.29, 0.717) is 17.5 Å².